The van der Waals surface area contributed by atoms with Crippen LogP contribution in [0.25, 0.3) is 0 Å². The first-order valence-corrected chi connectivity index (χ1v) is 6.97. The minimum atomic E-state index is -0.201. The Hall–Kier alpha value is -1.46. The number of hydrogen-bond acceptors (Lipinski definition) is 4. The number of phenolic OH excluding ortho intramolecular Hbond substituents is 1. The van der Waals surface area contributed by atoms with Crippen molar-refractivity contribution < 1.29 is 9.90 Å². The van der Waals surface area contributed by atoms with Crippen LogP contribution in [0.5, 0.6) is 5.75 Å². The van der Waals surface area contributed by atoms with E-state index < -0.39 is 0 Å². The molecule has 0 radical (unpaired) electrons. The largest absolute Gasteiger partial charge is 0.507 e. The van der Waals surface area contributed by atoms with Crippen LogP contribution in [0.2, 0.25) is 5.02 Å². The van der Waals surface area contributed by atoms with E-state index in [4.69, 9.17) is 11.6 Å². The van der Waals surface area contributed by atoms with Gasteiger partial charge in [-0.2, -0.15) is 5.10 Å². The number of Topliss-reactive ketones (excluding diaryl/α,β-unsaturated/α-hetero) is 1. The molecule has 1 N–H and O–H groups in total. The average molecular weight is 297 g/mol. The molecule has 1 aromatic heterocycles. The third-order valence-corrected chi connectivity index (χ3v) is 3.83. The van der Waals surface area contributed by atoms with Gasteiger partial charge in [0.15, 0.2) is 5.78 Å². The summed E-state index contributed by atoms with van der Waals surface area (Å²) in [5.41, 5.74) is 0.904. The number of benzene rings is 1. The number of rotatable bonds is 4. The quantitative estimate of drug-likeness (QED) is 0.695. The molecule has 4 nitrogen and oxygen atoms in total. The van der Waals surface area contributed by atoms with E-state index in [0.717, 1.165) is 4.90 Å². The van der Waals surface area contributed by atoms with Crippen molar-refractivity contribution in [3.8, 4) is 5.75 Å². The number of nitrogens with zero attached hydrogens (tertiary/aromatic N) is 2. The summed E-state index contributed by atoms with van der Waals surface area (Å²) in [6.45, 7) is 1.41. The van der Waals surface area contributed by atoms with Crippen LogP contribution in [0.15, 0.2) is 29.4 Å². The van der Waals surface area contributed by atoms with Gasteiger partial charge >= 0.3 is 0 Å². The number of aryl methyl sites for hydroxylation is 1. The van der Waals surface area contributed by atoms with E-state index in [1.807, 2.05) is 13.2 Å². The maximum absolute atomic E-state index is 11.4. The number of aromatic hydroxyl groups is 1. The van der Waals surface area contributed by atoms with Gasteiger partial charge in [-0.05, 0) is 19.1 Å². The van der Waals surface area contributed by atoms with Gasteiger partial charge < -0.3 is 5.11 Å². The molecule has 0 amide bonds. The molecule has 0 aliphatic carbocycles. The normalized spacial score (nSPS) is 10.7. The van der Waals surface area contributed by atoms with Crippen LogP contribution >= 0.6 is 23.4 Å². The summed E-state index contributed by atoms with van der Waals surface area (Å²) >= 11 is 7.49. The molecule has 0 saturated carbocycles. The van der Waals surface area contributed by atoms with E-state index >= 15 is 0 Å². The van der Waals surface area contributed by atoms with E-state index in [-0.39, 0.29) is 17.1 Å². The Kier molecular flexibility index (Phi) is 4.17. The third-order valence-electron chi connectivity index (χ3n) is 2.61. The predicted molar refractivity (Wildman–Crippen MR) is 75.9 cm³/mol. The highest BCUT2D eigenvalue weighted by Crippen LogP contribution is 2.32. The Morgan fingerprint density at radius 2 is 2.26 bits per heavy atom. The summed E-state index contributed by atoms with van der Waals surface area (Å²) < 4.78 is 1.71. The van der Waals surface area contributed by atoms with E-state index in [0.29, 0.717) is 16.3 Å². The second kappa shape index (κ2) is 5.67. The first kappa shape index (κ1) is 14.0. The summed E-state index contributed by atoms with van der Waals surface area (Å²) in [4.78, 5) is 12.4. The Bertz CT molecular complexity index is 625. The highest BCUT2D eigenvalue weighted by Gasteiger charge is 2.13. The summed E-state index contributed by atoms with van der Waals surface area (Å²) in [5.74, 6) is 0.333. The maximum atomic E-state index is 11.4. The molecule has 6 heteroatoms. The molecule has 0 atom stereocenters. The third kappa shape index (κ3) is 3.30. The zero-order valence-corrected chi connectivity index (χ0v) is 12.1. The van der Waals surface area contributed by atoms with Gasteiger partial charge in [-0.1, -0.05) is 11.6 Å². The minimum absolute atomic E-state index is 0.00768. The standard InChI is InChI=1S/C13H13ClN2O2S/c1-8(17)12-4-10(14)3-9(13(12)18)7-19-11-5-15-16(2)6-11/h3-6,18H,7H2,1-2H3. The Labute approximate surface area is 120 Å². The van der Waals surface area contributed by atoms with Gasteiger partial charge in [-0.3, -0.25) is 9.48 Å². The fourth-order valence-corrected chi connectivity index (χ4v) is 2.80. The van der Waals surface area contributed by atoms with Gasteiger partial charge in [-0.25, -0.2) is 0 Å². The van der Waals surface area contributed by atoms with Crippen LogP contribution in [0, 0.1) is 0 Å². The lowest BCUT2D eigenvalue weighted by molar-refractivity contribution is 0.101. The van der Waals surface area contributed by atoms with Crippen LogP contribution in [0.1, 0.15) is 22.8 Å². The van der Waals surface area contributed by atoms with Gasteiger partial charge in [0.1, 0.15) is 5.75 Å². The number of aromatic nitrogens is 2. The number of halogens is 1. The molecule has 1 heterocycles. The van der Waals surface area contributed by atoms with Gasteiger partial charge in [0, 0.05) is 34.5 Å². The van der Waals surface area contributed by atoms with Crippen molar-refractivity contribution in [1.82, 2.24) is 9.78 Å². The second-order valence-corrected chi connectivity index (χ2v) is 5.64. The first-order valence-electron chi connectivity index (χ1n) is 5.61. The smallest absolute Gasteiger partial charge is 0.163 e. The van der Waals surface area contributed by atoms with Crippen molar-refractivity contribution in [3.63, 3.8) is 0 Å². The first-order chi connectivity index (χ1) is 8.97. The van der Waals surface area contributed by atoms with Gasteiger partial charge in [0.05, 0.1) is 11.8 Å². The molecular weight excluding hydrogens is 284 g/mol. The molecule has 0 saturated heterocycles. The molecule has 0 spiro atoms. The molecule has 2 aromatic rings. The van der Waals surface area contributed by atoms with Crippen molar-refractivity contribution in [2.45, 2.75) is 17.6 Å². The summed E-state index contributed by atoms with van der Waals surface area (Å²) in [5, 5.41) is 14.6. The molecule has 0 aliphatic rings. The van der Waals surface area contributed by atoms with Gasteiger partial charge in [0.25, 0.3) is 0 Å². The number of carbonyl (C=O) groups excluding carboxylic acids is 1. The summed E-state index contributed by atoms with van der Waals surface area (Å²) in [6.07, 6.45) is 3.64. The lowest BCUT2D eigenvalue weighted by Gasteiger charge is -2.08. The molecule has 2 rings (SSSR count). The van der Waals surface area contributed by atoms with E-state index in [1.54, 1.807) is 16.9 Å². The molecule has 100 valence electrons. The fraction of sp³-hybridized carbons (Fsp3) is 0.231. The number of ketones is 1. The lowest BCUT2D eigenvalue weighted by atomic mass is 10.1. The monoisotopic (exact) mass is 296 g/mol. The Morgan fingerprint density at radius 3 is 2.84 bits per heavy atom. The minimum Gasteiger partial charge on any atom is -0.507 e. The van der Waals surface area contributed by atoms with Crippen LogP contribution in [-0.4, -0.2) is 20.7 Å². The van der Waals surface area contributed by atoms with Crippen LogP contribution in [-0.2, 0) is 12.8 Å². The molecular formula is C13H13ClN2O2S. The highest BCUT2D eigenvalue weighted by atomic mass is 35.5. The highest BCUT2D eigenvalue weighted by molar-refractivity contribution is 7.98. The molecule has 0 aliphatic heterocycles. The van der Waals surface area contributed by atoms with E-state index in [1.165, 1.54) is 24.8 Å². The molecule has 1 aromatic carbocycles. The zero-order chi connectivity index (χ0) is 14.0. The van der Waals surface area contributed by atoms with Crippen LogP contribution in [0.3, 0.4) is 0 Å². The van der Waals surface area contributed by atoms with Crippen LogP contribution < -0.4 is 0 Å². The Morgan fingerprint density at radius 1 is 1.53 bits per heavy atom. The van der Waals surface area contributed by atoms with Crippen molar-refractivity contribution in [1.29, 1.82) is 0 Å². The number of carbonyl (C=O) groups is 1. The molecule has 0 unspecified atom stereocenters. The van der Waals surface area contributed by atoms with Gasteiger partial charge in [0.2, 0.25) is 0 Å². The number of hydrogen-bond donors (Lipinski definition) is 1. The Balaban J connectivity index is 2.22. The number of thioether (sulfide) groups is 1. The van der Waals surface area contributed by atoms with Gasteiger partial charge in [-0.15, -0.1) is 11.8 Å². The predicted octanol–water partition coefficient (Wildman–Crippen LogP) is 3.27. The summed E-state index contributed by atoms with van der Waals surface area (Å²) in [6, 6.07) is 3.16. The van der Waals surface area contributed by atoms with E-state index in [2.05, 4.69) is 5.10 Å². The van der Waals surface area contributed by atoms with Crippen molar-refractivity contribution in [3.05, 3.63) is 40.7 Å². The second-order valence-electron chi connectivity index (χ2n) is 4.16. The lowest BCUT2D eigenvalue weighted by Crippen LogP contribution is -1.96. The topological polar surface area (TPSA) is 55.1 Å². The molecule has 0 bridgehead atoms. The molecule has 0 fully saturated rings. The zero-order valence-electron chi connectivity index (χ0n) is 10.6. The van der Waals surface area contributed by atoms with E-state index in [9.17, 15) is 9.90 Å². The SMILES string of the molecule is CC(=O)c1cc(Cl)cc(CSc2cnn(C)c2)c1O. The van der Waals surface area contributed by atoms with Crippen LogP contribution in [0.4, 0.5) is 0 Å². The van der Waals surface area contributed by atoms with Crippen molar-refractivity contribution in [2.24, 2.45) is 7.05 Å². The van der Waals surface area contributed by atoms with Crippen molar-refractivity contribution in [2.75, 3.05) is 0 Å². The maximum Gasteiger partial charge on any atom is 0.163 e. The average Bonchev–Trinajstić information content (AvgIpc) is 2.75. The molecule has 19 heavy (non-hydrogen) atoms. The summed E-state index contributed by atoms with van der Waals surface area (Å²) in [7, 11) is 1.84. The number of phenols is 1. The fourth-order valence-electron chi connectivity index (χ4n) is 1.67. The van der Waals surface area contributed by atoms with Crippen molar-refractivity contribution >= 4 is 29.1 Å².